The number of imidazole rings is 1. The summed E-state index contributed by atoms with van der Waals surface area (Å²) in [5.41, 5.74) is 2.28. The van der Waals surface area contributed by atoms with Crippen LogP contribution in [-0.4, -0.2) is 16.2 Å². The lowest BCUT2D eigenvalue weighted by molar-refractivity contribution is 0.297. The number of hydrogen-bond donors (Lipinski definition) is 0. The minimum absolute atomic E-state index is 0.651. The van der Waals surface area contributed by atoms with Gasteiger partial charge in [0, 0.05) is 10.2 Å². The molecule has 3 nitrogen and oxygen atoms in total. The maximum Gasteiger partial charge on any atom is 0.119 e. The normalized spacial score (nSPS) is 10.5. The van der Waals surface area contributed by atoms with Crippen LogP contribution in [0, 0.1) is 13.8 Å². The van der Waals surface area contributed by atoms with Crippen LogP contribution in [0.3, 0.4) is 0 Å². The van der Waals surface area contributed by atoms with E-state index < -0.39 is 0 Å². The van der Waals surface area contributed by atoms with Crippen molar-refractivity contribution in [2.24, 2.45) is 0 Å². The van der Waals surface area contributed by atoms with Gasteiger partial charge < -0.3 is 9.30 Å². The van der Waals surface area contributed by atoms with Crippen LogP contribution in [-0.2, 0) is 6.54 Å². The van der Waals surface area contributed by atoms with Crippen molar-refractivity contribution in [2.75, 3.05) is 6.61 Å². The molecule has 0 N–H and O–H groups in total. The SMILES string of the molecule is Cc1ncn(CCOc2ccc(Br)cc2)c1C. The Kier molecular flexibility index (Phi) is 3.84. The fourth-order valence-corrected chi connectivity index (χ4v) is 1.83. The van der Waals surface area contributed by atoms with Gasteiger partial charge in [0.2, 0.25) is 0 Å². The summed E-state index contributed by atoms with van der Waals surface area (Å²) in [5, 5.41) is 0. The van der Waals surface area contributed by atoms with Gasteiger partial charge in [-0.15, -0.1) is 0 Å². The summed E-state index contributed by atoms with van der Waals surface area (Å²) < 4.78 is 8.83. The van der Waals surface area contributed by atoms with Crippen LogP contribution in [0.5, 0.6) is 5.75 Å². The summed E-state index contributed by atoms with van der Waals surface area (Å²) in [6.07, 6.45) is 1.86. The highest BCUT2D eigenvalue weighted by Gasteiger charge is 2.01. The number of rotatable bonds is 4. The zero-order valence-corrected chi connectivity index (χ0v) is 11.6. The van der Waals surface area contributed by atoms with Gasteiger partial charge in [-0.1, -0.05) is 15.9 Å². The van der Waals surface area contributed by atoms with E-state index in [2.05, 4.69) is 32.4 Å². The molecule has 17 heavy (non-hydrogen) atoms. The number of ether oxygens (including phenoxy) is 1. The summed E-state index contributed by atoms with van der Waals surface area (Å²) in [4.78, 5) is 4.25. The average molecular weight is 295 g/mol. The zero-order valence-electron chi connectivity index (χ0n) is 9.98. The van der Waals surface area contributed by atoms with Crippen molar-refractivity contribution < 1.29 is 4.74 Å². The van der Waals surface area contributed by atoms with E-state index in [-0.39, 0.29) is 0 Å². The van der Waals surface area contributed by atoms with E-state index in [1.807, 2.05) is 37.5 Å². The number of nitrogens with zero attached hydrogens (tertiary/aromatic N) is 2. The molecule has 1 aromatic heterocycles. The molecule has 0 saturated carbocycles. The highest BCUT2D eigenvalue weighted by molar-refractivity contribution is 9.10. The topological polar surface area (TPSA) is 27.1 Å². The van der Waals surface area contributed by atoms with Crippen LogP contribution < -0.4 is 4.74 Å². The maximum atomic E-state index is 5.66. The molecule has 0 radical (unpaired) electrons. The first kappa shape index (κ1) is 12.2. The van der Waals surface area contributed by atoms with Crippen molar-refractivity contribution in [1.82, 2.24) is 9.55 Å². The summed E-state index contributed by atoms with van der Waals surface area (Å²) in [7, 11) is 0. The molecule has 0 amide bonds. The average Bonchev–Trinajstić information content (AvgIpc) is 2.64. The van der Waals surface area contributed by atoms with Crippen LogP contribution in [0.1, 0.15) is 11.4 Å². The van der Waals surface area contributed by atoms with Crippen LogP contribution in [0.15, 0.2) is 35.1 Å². The number of hydrogen-bond acceptors (Lipinski definition) is 2. The molecular weight excluding hydrogens is 280 g/mol. The molecule has 1 aromatic carbocycles. The molecular formula is C13H15BrN2O. The third-order valence-corrected chi connectivity index (χ3v) is 3.29. The van der Waals surface area contributed by atoms with Gasteiger partial charge in [-0.2, -0.15) is 0 Å². The maximum absolute atomic E-state index is 5.66. The van der Waals surface area contributed by atoms with E-state index in [9.17, 15) is 0 Å². The second kappa shape index (κ2) is 5.36. The van der Waals surface area contributed by atoms with Crippen LogP contribution in [0.2, 0.25) is 0 Å². The van der Waals surface area contributed by atoms with E-state index in [1.165, 1.54) is 5.69 Å². The molecule has 0 bridgehead atoms. The number of halogens is 1. The fourth-order valence-electron chi connectivity index (χ4n) is 1.56. The zero-order chi connectivity index (χ0) is 12.3. The van der Waals surface area contributed by atoms with Gasteiger partial charge in [0.15, 0.2) is 0 Å². The van der Waals surface area contributed by atoms with E-state index in [1.54, 1.807) is 0 Å². The summed E-state index contributed by atoms with van der Waals surface area (Å²) in [6.45, 7) is 5.56. The molecule has 1 heterocycles. The third kappa shape index (κ3) is 3.09. The quantitative estimate of drug-likeness (QED) is 0.865. The van der Waals surface area contributed by atoms with Crippen molar-refractivity contribution in [3.8, 4) is 5.75 Å². The van der Waals surface area contributed by atoms with E-state index in [0.29, 0.717) is 6.61 Å². The monoisotopic (exact) mass is 294 g/mol. The molecule has 2 rings (SSSR count). The first-order chi connectivity index (χ1) is 8.16. The molecule has 0 aliphatic carbocycles. The fraction of sp³-hybridized carbons (Fsp3) is 0.308. The van der Waals surface area contributed by atoms with Crippen molar-refractivity contribution in [3.05, 3.63) is 46.5 Å². The molecule has 0 spiro atoms. The first-order valence-corrected chi connectivity index (χ1v) is 6.33. The Morgan fingerprint density at radius 2 is 1.94 bits per heavy atom. The second-order valence-corrected chi connectivity index (χ2v) is 4.83. The van der Waals surface area contributed by atoms with Crippen LogP contribution >= 0.6 is 15.9 Å². The molecule has 0 fully saturated rings. The lowest BCUT2D eigenvalue weighted by Gasteiger charge is -2.08. The van der Waals surface area contributed by atoms with Crippen molar-refractivity contribution in [2.45, 2.75) is 20.4 Å². The Morgan fingerprint density at radius 3 is 2.53 bits per heavy atom. The Labute approximate surface area is 110 Å². The highest BCUT2D eigenvalue weighted by Crippen LogP contribution is 2.16. The number of aromatic nitrogens is 2. The van der Waals surface area contributed by atoms with Gasteiger partial charge in [0.1, 0.15) is 12.4 Å². The lowest BCUT2D eigenvalue weighted by Crippen LogP contribution is -2.08. The second-order valence-electron chi connectivity index (χ2n) is 3.91. The largest absolute Gasteiger partial charge is 0.492 e. The predicted octanol–water partition coefficient (Wildman–Crippen LogP) is 3.34. The van der Waals surface area contributed by atoms with Gasteiger partial charge in [0.05, 0.1) is 18.6 Å². The standard InChI is InChI=1S/C13H15BrN2O/c1-10-11(2)16(9-15-10)7-8-17-13-5-3-12(14)4-6-13/h3-6,9H,7-8H2,1-2H3. The van der Waals surface area contributed by atoms with Gasteiger partial charge in [0.25, 0.3) is 0 Å². The molecule has 0 atom stereocenters. The molecule has 90 valence electrons. The molecule has 0 aliphatic heterocycles. The van der Waals surface area contributed by atoms with Crippen LogP contribution in [0.25, 0.3) is 0 Å². The Bertz CT molecular complexity index is 491. The predicted molar refractivity (Wildman–Crippen MR) is 71.3 cm³/mol. The van der Waals surface area contributed by atoms with E-state index >= 15 is 0 Å². The Balaban J connectivity index is 1.87. The molecule has 0 saturated heterocycles. The first-order valence-electron chi connectivity index (χ1n) is 5.53. The molecule has 4 heteroatoms. The minimum Gasteiger partial charge on any atom is -0.492 e. The highest BCUT2D eigenvalue weighted by atomic mass is 79.9. The van der Waals surface area contributed by atoms with E-state index in [4.69, 9.17) is 4.74 Å². The lowest BCUT2D eigenvalue weighted by atomic mass is 10.3. The molecule has 0 aliphatic rings. The van der Waals surface area contributed by atoms with Gasteiger partial charge >= 0.3 is 0 Å². The minimum atomic E-state index is 0.651. The van der Waals surface area contributed by atoms with E-state index in [0.717, 1.165) is 22.5 Å². The third-order valence-electron chi connectivity index (χ3n) is 2.76. The number of aryl methyl sites for hydroxylation is 1. The van der Waals surface area contributed by atoms with Crippen molar-refractivity contribution >= 4 is 15.9 Å². The smallest absolute Gasteiger partial charge is 0.119 e. The van der Waals surface area contributed by atoms with Crippen molar-refractivity contribution in [1.29, 1.82) is 0 Å². The summed E-state index contributed by atoms with van der Waals surface area (Å²) >= 11 is 3.39. The molecule has 0 unspecified atom stereocenters. The van der Waals surface area contributed by atoms with Crippen LogP contribution in [0.4, 0.5) is 0 Å². The van der Waals surface area contributed by atoms with Gasteiger partial charge in [-0.25, -0.2) is 4.98 Å². The van der Waals surface area contributed by atoms with Crippen molar-refractivity contribution in [3.63, 3.8) is 0 Å². The summed E-state index contributed by atoms with van der Waals surface area (Å²) in [5.74, 6) is 0.891. The number of benzene rings is 1. The van der Waals surface area contributed by atoms with Gasteiger partial charge in [-0.05, 0) is 38.1 Å². The molecule has 2 aromatic rings. The van der Waals surface area contributed by atoms with Gasteiger partial charge in [-0.3, -0.25) is 0 Å². The Morgan fingerprint density at radius 1 is 1.24 bits per heavy atom. The summed E-state index contributed by atoms with van der Waals surface area (Å²) in [6, 6.07) is 7.86. The Hall–Kier alpha value is -1.29.